The number of nitriles is 1. The molecule has 0 unspecified atom stereocenters. The van der Waals surface area contributed by atoms with Crippen LogP contribution in [0.4, 0.5) is 5.69 Å². The number of nitrogens with zero attached hydrogens (tertiary/aromatic N) is 1. The first-order valence-electron chi connectivity index (χ1n) is 3.98. The molecule has 1 aromatic rings. The van der Waals surface area contributed by atoms with Crippen molar-refractivity contribution >= 4 is 11.7 Å². The Morgan fingerprint density at radius 3 is 2.71 bits per heavy atom. The molecule has 0 saturated carbocycles. The van der Waals surface area contributed by atoms with Gasteiger partial charge in [0, 0.05) is 5.69 Å². The van der Waals surface area contributed by atoms with Crippen molar-refractivity contribution in [1.82, 2.24) is 0 Å². The lowest BCUT2D eigenvalue weighted by Gasteiger charge is -2.06. The molecule has 1 aromatic carbocycles. The fourth-order valence-electron chi connectivity index (χ4n) is 1.12. The molecule has 0 radical (unpaired) electrons. The molecule has 0 bridgehead atoms. The van der Waals surface area contributed by atoms with E-state index in [4.69, 9.17) is 11.0 Å². The van der Waals surface area contributed by atoms with Crippen LogP contribution in [0, 0.1) is 18.3 Å². The van der Waals surface area contributed by atoms with Crippen LogP contribution in [0.3, 0.4) is 0 Å². The summed E-state index contributed by atoms with van der Waals surface area (Å²) in [7, 11) is 1.29. The largest absolute Gasteiger partial charge is 0.465 e. The Bertz CT molecular complexity index is 419. The van der Waals surface area contributed by atoms with E-state index in [2.05, 4.69) is 4.74 Å². The van der Waals surface area contributed by atoms with E-state index >= 15 is 0 Å². The summed E-state index contributed by atoms with van der Waals surface area (Å²) in [6, 6.07) is 4.93. The van der Waals surface area contributed by atoms with Gasteiger partial charge in [-0.2, -0.15) is 5.26 Å². The number of nitrogen functional groups attached to an aromatic ring is 1. The average molecular weight is 190 g/mol. The van der Waals surface area contributed by atoms with Gasteiger partial charge in [0.05, 0.1) is 24.3 Å². The summed E-state index contributed by atoms with van der Waals surface area (Å²) in [5, 5.41) is 8.67. The number of methoxy groups -OCH3 is 1. The maximum absolute atomic E-state index is 11.3. The van der Waals surface area contributed by atoms with E-state index in [1.165, 1.54) is 19.2 Å². The van der Waals surface area contributed by atoms with Crippen LogP contribution >= 0.6 is 0 Å². The number of hydrogen-bond acceptors (Lipinski definition) is 4. The van der Waals surface area contributed by atoms with Gasteiger partial charge in [-0.3, -0.25) is 0 Å². The van der Waals surface area contributed by atoms with Crippen LogP contribution in [0.25, 0.3) is 0 Å². The van der Waals surface area contributed by atoms with Gasteiger partial charge in [-0.15, -0.1) is 0 Å². The van der Waals surface area contributed by atoms with Crippen LogP contribution in [-0.4, -0.2) is 13.1 Å². The van der Waals surface area contributed by atoms with Crippen LogP contribution in [0.15, 0.2) is 12.1 Å². The molecular formula is C10H10N2O2. The van der Waals surface area contributed by atoms with E-state index in [-0.39, 0.29) is 0 Å². The second-order valence-corrected chi connectivity index (χ2v) is 2.84. The Kier molecular flexibility index (Phi) is 2.73. The zero-order valence-corrected chi connectivity index (χ0v) is 8.00. The molecule has 4 heteroatoms. The summed E-state index contributed by atoms with van der Waals surface area (Å²) in [5.74, 6) is -0.480. The summed E-state index contributed by atoms with van der Waals surface area (Å²) in [5.41, 5.74) is 7.38. The molecule has 1 rings (SSSR count). The van der Waals surface area contributed by atoms with Gasteiger partial charge in [0.1, 0.15) is 0 Å². The molecule has 0 aromatic heterocycles. The number of carbonyl (C=O) groups is 1. The maximum atomic E-state index is 11.3. The molecule has 2 N–H and O–H groups in total. The predicted octanol–water partition coefficient (Wildman–Crippen LogP) is 1.24. The molecule has 4 nitrogen and oxygen atoms in total. The summed E-state index contributed by atoms with van der Waals surface area (Å²) < 4.78 is 4.57. The average Bonchev–Trinajstić information content (AvgIpc) is 2.20. The van der Waals surface area contributed by atoms with Crippen molar-refractivity contribution in [2.45, 2.75) is 6.92 Å². The van der Waals surface area contributed by atoms with E-state index < -0.39 is 5.97 Å². The van der Waals surface area contributed by atoms with Crippen LogP contribution in [0.5, 0.6) is 0 Å². The first kappa shape index (κ1) is 10.1. The first-order chi connectivity index (χ1) is 6.60. The van der Waals surface area contributed by atoms with Gasteiger partial charge in [0.25, 0.3) is 0 Å². The minimum absolute atomic E-state index is 0.337. The molecule has 0 aliphatic heterocycles. The zero-order valence-electron chi connectivity index (χ0n) is 8.00. The fourth-order valence-corrected chi connectivity index (χ4v) is 1.12. The molecular weight excluding hydrogens is 180 g/mol. The third kappa shape index (κ3) is 1.67. The van der Waals surface area contributed by atoms with Gasteiger partial charge in [0.15, 0.2) is 0 Å². The lowest BCUT2D eigenvalue weighted by atomic mass is 10.0. The molecule has 0 fully saturated rings. The second kappa shape index (κ2) is 3.79. The molecule has 72 valence electrons. The van der Waals surface area contributed by atoms with Gasteiger partial charge >= 0.3 is 5.97 Å². The number of nitrogens with two attached hydrogens (primary N) is 1. The Labute approximate surface area is 81.9 Å². The van der Waals surface area contributed by atoms with Gasteiger partial charge in [-0.1, -0.05) is 0 Å². The molecule has 0 heterocycles. The van der Waals surface area contributed by atoms with Gasteiger partial charge in [-0.25, -0.2) is 4.79 Å². The van der Waals surface area contributed by atoms with E-state index in [0.29, 0.717) is 22.4 Å². The lowest BCUT2D eigenvalue weighted by molar-refractivity contribution is 0.0600. The number of ether oxygens (including phenoxy) is 1. The van der Waals surface area contributed by atoms with Crippen molar-refractivity contribution < 1.29 is 9.53 Å². The van der Waals surface area contributed by atoms with Crippen LogP contribution in [-0.2, 0) is 4.74 Å². The minimum atomic E-state index is -0.480. The highest BCUT2D eigenvalue weighted by atomic mass is 16.5. The van der Waals surface area contributed by atoms with Crippen molar-refractivity contribution in [2.24, 2.45) is 0 Å². The SMILES string of the molecule is COC(=O)c1cc(C#N)cc(N)c1C. The number of carbonyl (C=O) groups excluding carboxylic acids is 1. The van der Waals surface area contributed by atoms with E-state index in [1.54, 1.807) is 6.92 Å². The highest BCUT2D eigenvalue weighted by Gasteiger charge is 2.12. The minimum Gasteiger partial charge on any atom is -0.465 e. The second-order valence-electron chi connectivity index (χ2n) is 2.84. The highest BCUT2D eigenvalue weighted by Crippen LogP contribution is 2.19. The van der Waals surface area contributed by atoms with Crippen molar-refractivity contribution in [3.63, 3.8) is 0 Å². The summed E-state index contributed by atoms with van der Waals surface area (Å²) in [6.07, 6.45) is 0. The van der Waals surface area contributed by atoms with Crippen molar-refractivity contribution in [3.05, 3.63) is 28.8 Å². The Balaban J connectivity index is 3.36. The van der Waals surface area contributed by atoms with Crippen LogP contribution < -0.4 is 5.73 Å². The monoisotopic (exact) mass is 190 g/mol. The van der Waals surface area contributed by atoms with Gasteiger partial charge in [-0.05, 0) is 24.6 Å². The molecule has 0 aliphatic carbocycles. The fraction of sp³-hybridized carbons (Fsp3) is 0.200. The standard InChI is InChI=1S/C10H10N2O2/c1-6-8(10(13)14-2)3-7(5-11)4-9(6)12/h3-4H,12H2,1-2H3. The Morgan fingerprint density at radius 1 is 1.57 bits per heavy atom. The summed E-state index contributed by atoms with van der Waals surface area (Å²) >= 11 is 0. The maximum Gasteiger partial charge on any atom is 0.338 e. The molecule has 0 atom stereocenters. The molecule has 0 amide bonds. The van der Waals surface area contributed by atoms with Gasteiger partial charge in [0.2, 0.25) is 0 Å². The number of rotatable bonds is 1. The molecule has 0 aliphatic rings. The van der Waals surface area contributed by atoms with Gasteiger partial charge < -0.3 is 10.5 Å². The Hall–Kier alpha value is -2.02. The number of benzene rings is 1. The lowest BCUT2D eigenvalue weighted by Crippen LogP contribution is -2.06. The third-order valence-electron chi connectivity index (χ3n) is 1.98. The summed E-state index contributed by atoms with van der Waals surface area (Å²) in [4.78, 5) is 11.3. The van der Waals surface area contributed by atoms with Crippen LogP contribution in [0.2, 0.25) is 0 Å². The third-order valence-corrected chi connectivity index (χ3v) is 1.98. The molecule has 14 heavy (non-hydrogen) atoms. The first-order valence-corrected chi connectivity index (χ1v) is 3.98. The number of hydrogen-bond donors (Lipinski definition) is 1. The smallest absolute Gasteiger partial charge is 0.338 e. The summed E-state index contributed by atoms with van der Waals surface area (Å²) in [6.45, 7) is 1.71. The zero-order chi connectivity index (χ0) is 10.7. The van der Waals surface area contributed by atoms with Crippen LogP contribution in [0.1, 0.15) is 21.5 Å². The number of anilines is 1. The van der Waals surface area contributed by atoms with E-state index in [0.717, 1.165) is 0 Å². The quantitative estimate of drug-likeness (QED) is 0.533. The van der Waals surface area contributed by atoms with Crippen molar-refractivity contribution in [1.29, 1.82) is 5.26 Å². The Morgan fingerprint density at radius 2 is 2.21 bits per heavy atom. The number of esters is 1. The highest BCUT2D eigenvalue weighted by molar-refractivity contribution is 5.93. The van der Waals surface area contributed by atoms with Crippen molar-refractivity contribution in [3.8, 4) is 6.07 Å². The van der Waals surface area contributed by atoms with E-state index in [9.17, 15) is 4.79 Å². The molecule has 0 spiro atoms. The molecule has 0 saturated heterocycles. The van der Waals surface area contributed by atoms with Crippen molar-refractivity contribution in [2.75, 3.05) is 12.8 Å². The topological polar surface area (TPSA) is 76.1 Å². The predicted molar refractivity (Wildman–Crippen MR) is 51.6 cm³/mol. The normalized spacial score (nSPS) is 9.21. The van der Waals surface area contributed by atoms with E-state index in [1.807, 2.05) is 6.07 Å².